The minimum atomic E-state index is 0.318. The molecule has 14 heavy (non-hydrogen) atoms. The third-order valence-corrected chi connectivity index (χ3v) is 2.01. The van der Waals surface area contributed by atoms with Crippen LogP contribution in [0.15, 0.2) is 0 Å². The van der Waals surface area contributed by atoms with Gasteiger partial charge in [0.15, 0.2) is 0 Å². The number of nitriles is 1. The Kier molecular flexibility index (Phi) is 4.08. The van der Waals surface area contributed by atoms with Crippen LogP contribution in [0.5, 0.6) is 0 Å². The van der Waals surface area contributed by atoms with Gasteiger partial charge in [-0.15, -0.1) is 5.10 Å². The summed E-state index contributed by atoms with van der Waals surface area (Å²) in [5.74, 6) is 0. The molecule has 0 saturated carbocycles. The highest BCUT2D eigenvalue weighted by atomic mass is 16.5. The maximum absolute atomic E-state index is 8.59. The molecule has 5 nitrogen and oxygen atoms in total. The van der Waals surface area contributed by atoms with E-state index >= 15 is 0 Å². The number of hydrogen-bond acceptors (Lipinski definition) is 4. The molecule has 5 heteroatoms. The normalized spacial score (nSPS) is 10.1. The lowest BCUT2D eigenvalue weighted by atomic mass is 10.2. The Morgan fingerprint density at radius 3 is 2.93 bits per heavy atom. The Morgan fingerprint density at radius 1 is 1.57 bits per heavy atom. The van der Waals surface area contributed by atoms with Gasteiger partial charge in [0.05, 0.1) is 24.8 Å². The fourth-order valence-corrected chi connectivity index (χ4v) is 1.31. The van der Waals surface area contributed by atoms with Crippen molar-refractivity contribution < 1.29 is 4.74 Å². The van der Waals surface area contributed by atoms with Gasteiger partial charge in [0, 0.05) is 20.1 Å². The number of aromatic nitrogens is 3. The summed E-state index contributed by atoms with van der Waals surface area (Å²) in [6.45, 7) is 3.41. The summed E-state index contributed by atoms with van der Waals surface area (Å²) < 4.78 is 6.81. The maximum Gasteiger partial charge on any atom is 0.100 e. The first kappa shape index (κ1) is 10.7. The largest absolute Gasteiger partial charge is 0.384 e. The van der Waals surface area contributed by atoms with Crippen LogP contribution >= 0.6 is 0 Å². The van der Waals surface area contributed by atoms with Crippen LogP contribution in [0.1, 0.15) is 18.3 Å². The van der Waals surface area contributed by atoms with Crippen LogP contribution in [0.25, 0.3) is 0 Å². The summed E-state index contributed by atoms with van der Waals surface area (Å²) in [6, 6.07) is 2.08. The molecule has 0 atom stereocenters. The second-order valence-electron chi connectivity index (χ2n) is 2.88. The van der Waals surface area contributed by atoms with E-state index in [0.717, 1.165) is 24.4 Å². The standard InChI is InChI=1S/C9H14N4O/c1-3-13-9(5-7-14-2)8(4-6-10)11-12-13/h3-5,7H2,1-2H3. The van der Waals surface area contributed by atoms with E-state index < -0.39 is 0 Å². The van der Waals surface area contributed by atoms with Gasteiger partial charge in [-0.1, -0.05) is 5.21 Å². The van der Waals surface area contributed by atoms with E-state index in [9.17, 15) is 0 Å². The first-order chi connectivity index (χ1) is 6.83. The summed E-state index contributed by atoms with van der Waals surface area (Å²) in [7, 11) is 1.66. The van der Waals surface area contributed by atoms with E-state index in [1.54, 1.807) is 7.11 Å². The zero-order valence-corrected chi connectivity index (χ0v) is 8.53. The monoisotopic (exact) mass is 194 g/mol. The fraction of sp³-hybridized carbons (Fsp3) is 0.667. The van der Waals surface area contributed by atoms with Gasteiger partial charge >= 0.3 is 0 Å². The number of methoxy groups -OCH3 is 1. The average Bonchev–Trinajstić information content (AvgIpc) is 2.58. The van der Waals surface area contributed by atoms with Crippen LogP contribution in [0, 0.1) is 11.3 Å². The molecule has 0 aromatic carbocycles. The van der Waals surface area contributed by atoms with Crippen molar-refractivity contribution in [2.24, 2.45) is 0 Å². The summed E-state index contributed by atoms with van der Waals surface area (Å²) >= 11 is 0. The van der Waals surface area contributed by atoms with E-state index in [0.29, 0.717) is 13.0 Å². The average molecular weight is 194 g/mol. The Hall–Kier alpha value is -1.41. The first-order valence-electron chi connectivity index (χ1n) is 4.60. The van der Waals surface area contributed by atoms with Crippen LogP contribution in [0.4, 0.5) is 0 Å². The zero-order chi connectivity index (χ0) is 10.4. The van der Waals surface area contributed by atoms with Crippen LogP contribution in [0.3, 0.4) is 0 Å². The van der Waals surface area contributed by atoms with Crippen molar-refractivity contribution >= 4 is 0 Å². The molecule has 0 aliphatic rings. The summed E-state index contributed by atoms with van der Waals surface area (Å²) in [5, 5.41) is 16.5. The number of ether oxygens (including phenoxy) is 1. The lowest BCUT2D eigenvalue weighted by Crippen LogP contribution is -2.07. The maximum atomic E-state index is 8.59. The van der Waals surface area contributed by atoms with Crippen LogP contribution in [-0.4, -0.2) is 28.7 Å². The molecular weight excluding hydrogens is 180 g/mol. The molecule has 0 amide bonds. The van der Waals surface area contributed by atoms with E-state index in [-0.39, 0.29) is 0 Å². The third-order valence-electron chi connectivity index (χ3n) is 2.01. The second kappa shape index (κ2) is 5.35. The van der Waals surface area contributed by atoms with E-state index in [1.165, 1.54) is 0 Å². The highest BCUT2D eigenvalue weighted by Gasteiger charge is 2.10. The Bertz CT molecular complexity index is 326. The van der Waals surface area contributed by atoms with Crippen molar-refractivity contribution in [1.29, 1.82) is 5.26 Å². The van der Waals surface area contributed by atoms with Crippen molar-refractivity contribution in [3.63, 3.8) is 0 Å². The molecule has 1 rings (SSSR count). The van der Waals surface area contributed by atoms with Crippen LogP contribution in [0.2, 0.25) is 0 Å². The van der Waals surface area contributed by atoms with Gasteiger partial charge in [0.25, 0.3) is 0 Å². The van der Waals surface area contributed by atoms with Gasteiger partial charge in [-0.25, -0.2) is 4.68 Å². The molecular formula is C9H14N4O. The number of nitrogens with zero attached hydrogens (tertiary/aromatic N) is 4. The minimum absolute atomic E-state index is 0.318. The SMILES string of the molecule is CCn1nnc(CC#N)c1CCOC. The molecule has 0 saturated heterocycles. The Morgan fingerprint density at radius 2 is 2.36 bits per heavy atom. The zero-order valence-electron chi connectivity index (χ0n) is 8.53. The fourth-order valence-electron chi connectivity index (χ4n) is 1.31. The molecule has 1 heterocycles. The predicted octanol–water partition coefficient (Wildman–Crippen LogP) is 0.553. The minimum Gasteiger partial charge on any atom is -0.384 e. The van der Waals surface area contributed by atoms with Crippen molar-refractivity contribution in [3.05, 3.63) is 11.4 Å². The van der Waals surface area contributed by atoms with E-state index in [2.05, 4.69) is 16.4 Å². The third kappa shape index (κ3) is 2.30. The molecule has 0 bridgehead atoms. The van der Waals surface area contributed by atoms with E-state index in [1.807, 2.05) is 11.6 Å². The molecule has 0 aliphatic carbocycles. The van der Waals surface area contributed by atoms with Crippen LogP contribution in [-0.2, 0) is 24.1 Å². The lowest BCUT2D eigenvalue weighted by molar-refractivity contribution is 0.200. The molecule has 76 valence electrons. The van der Waals surface area contributed by atoms with Gasteiger partial charge in [0.2, 0.25) is 0 Å². The molecule has 0 aliphatic heterocycles. The molecule has 1 aromatic rings. The summed E-state index contributed by atoms with van der Waals surface area (Å²) in [6.07, 6.45) is 1.08. The highest BCUT2D eigenvalue weighted by Crippen LogP contribution is 2.07. The topological polar surface area (TPSA) is 63.7 Å². The number of hydrogen-bond donors (Lipinski definition) is 0. The van der Waals surface area contributed by atoms with E-state index in [4.69, 9.17) is 10.00 Å². The molecule has 1 aromatic heterocycles. The smallest absolute Gasteiger partial charge is 0.100 e. The second-order valence-corrected chi connectivity index (χ2v) is 2.88. The molecule has 0 N–H and O–H groups in total. The summed E-state index contributed by atoms with van der Waals surface area (Å²) in [4.78, 5) is 0. The van der Waals surface area contributed by atoms with Gasteiger partial charge in [0.1, 0.15) is 5.69 Å². The quantitative estimate of drug-likeness (QED) is 0.686. The molecule has 0 fully saturated rings. The molecule has 0 radical (unpaired) electrons. The molecule has 0 unspecified atom stereocenters. The number of aryl methyl sites for hydroxylation is 1. The van der Waals surface area contributed by atoms with Crippen molar-refractivity contribution in [3.8, 4) is 6.07 Å². The van der Waals surface area contributed by atoms with Crippen LogP contribution < -0.4 is 0 Å². The lowest BCUT2D eigenvalue weighted by Gasteiger charge is -2.03. The summed E-state index contributed by atoms with van der Waals surface area (Å²) in [5.41, 5.74) is 1.78. The van der Waals surface area contributed by atoms with Gasteiger partial charge in [-0.2, -0.15) is 5.26 Å². The predicted molar refractivity (Wildman–Crippen MR) is 50.6 cm³/mol. The first-order valence-corrected chi connectivity index (χ1v) is 4.60. The van der Waals surface area contributed by atoms with Crippen molar-refractivity contribution in [2.45, 2.75) is 26.3 Å². The Labute approximate surface area is 83.3 Å². The van der Waals surface area contributed by atoms with Crippen molar-refractivity contribution in [2.75, 3.05) is 13.7 Å². The number of rotatable bonds is 5. The molecule has 0 spiro atoms. The van der Waals surface area contributed by atoms with Gasteiger partial charge in [-0.05, 0) is 6.92 Å². The van der Waals surface area contributed by atoms with Crippen molar-refractivity contribution in [1.82, 2.24) is 15.0 Å². The van der Waals surface area contributed by atoms with Gasteiger partial charge in [-0.3, -0.25) is 0 Å². The Balaban J connectivity index is 2.83. The highest BCUT2D eigenvalue weighted by molar-refractivity contribution is 5.14. The van der Waals surface area contributed by atoms with Gasteiger partial charge < -0.3 is 4.74 Å².